The molecule has 270 valence electrons. The molecular weight excluding hydrogens is 763 g/mol. The molecule has 2 atom stereocenters. The average Bonchev–Trinajstić information content (AvgIpc) is 3.16. The topological polar surface area (TPSA) is 166 Å². The smallest absolute Gasteiger partial charge is 0.468 e. The average molecular weight is 808 g/mol. The van der Waals surface area contributed by atoms with Gasteiger partial charge in [0.15, 0.2) is 0 Å². The maximum atomic E-state index is 12.9. The van der Waals surface area contributed by atoms with Crippen LogP contribution in [0.2, 0.25) is 0 Å². The Morgan fingerprint density at radius 3 is 1.82 bits per heavy atom. The number of esters is 2. The third-order valence-electron chi connectivity index (χ3n) is 7.94. The summed E-state index contributed by atoms with van der Waals surface area (Å²) >= 11 is 4.42. The molecule has 2 unspecified atom stereocenters. The molecule has 11 nitrogen and oxygen atoms in total. The summed E-state index contributed by atoms with van der Waals surface area (Å²) in [6.45, 7) is 0.0924. The summed E-state index contributed by atoms with van der Waals surface area (Å²) in [6, 6.07) is 29.4. The Hall–Kier alpha value is -3.42. The van der Waals surface area contributed by atoms with E-state index in [4.69, 9.17) is 5.73 Å². The number of rotatable bonds is 20. The van der Waals surface area contributed by atoms with E-state index in [1.165, 1.54) is 51.7 Å². The molecule has 0 aliphatic heterocycles. The van der Waals surface area contributed by atoms with E-state index in [-0.39, 0.29) is 36.8 Å². The summed E-state index contributed by atoms with van der Waals surface area (Å²) in [7, 11) is 4.87. The zero-order valence-electron chi connectivity index (χ0n) is 28.0. The van der Waals surface area contributed by atoms with Gasteiger partial charge in [-0.25, -0.2) is 0 Å². The fourth-order valence-corrected chi connectivity index (χ4v) is 15.0. The second kappa shape index (κ2) is 20.4. The number of hydrogen-bond acceptors (Lipinski definition) is 10. The van der Waals surface area contributed by atoms with E-state index in [1.807, 2.05) is 18.2 Å². The van der Waals surface area contributed by atoms with Crippen LogP contribution in [0.1, 0.15) is 19.3 Å². The molecule has 0 bridgehead atoms. The predicted octanol–water partition coefficient (Wildman–Crippen LogP) is 2.77. The van der Waals surface area contributed by atoms with Crippen molar-refractivity contribution in [3.8, 4) is 0 Å². The van der Waals surface area contributed by atoms with Crippen LogP contribution >= 0.6 is 42.4 Å². The van der Waals surface area contributed by atoms with Crippen molar-refractivity contribution < 1.29 is 33.4 Å². The van der Waals surface area contributed by atoms with Crippen molar-refractivity contribution in [1.82, 2.24) is 16.0 Å². The third-order valence-corrected chi connectivity index (χ3v) is 20.2. The summed E-state index contributed by atoms with van der Waals surface area (Å²) in [5.74, 6) is -2.31. The van der Waals surface area contributed by atoms with Crippen LogP contribution in [0.4, 0.5) is 0 Å². The number of benzene rings is 3. The van der Waals surface area contributed by atoms with Gasteiger partial charge in [0.1, 0.15) is 12.6 Å². The standard InChI is InChI=1S/C35H44BrN4O7PS2/c1-46-33(43)23-39-34(44)30(40-31(41)20-19-29(37)35(45)47-2)24-49-50-25-32(42)38-21-12-22-48(36,26-13-6-3-7-14-26,27-15-8-4-9-16-27)28-17-10-5-11-18-28/h3-11,13-18,29-30H,12,19-25,37H2,1-2H3,(H,38,42)(H,39,44)(H,40,41). The van der Waals surface area contributed by atoms with E-state index in [2.05, 4.69) is 114 Å². The number of halogens is 1. The molecule has 3 aromatic carbocycles. The molecule has 0 fully saturated rings. The molecule has 3 amide bonds. The van der Waals surface area contributed by atoms with Gasteiger partial charge in [-0.1, -0.05) is 0 Å². The van der Waals surface area contributed by atoms with Gasteiger partial charge in [0, 0.05) is 6.42 Å². The molecule has 0 spiro atoms. The first-order valence-electron chi connectivity index (χ1n) is 15.9. The van der Waals surface area contributed by atoms with Crippen molar-refractivity contribution >= 4 is 88.0 Å². The molecule has 0 heterocycles. The van der Waals surface area contributed by atoms with Crippen molar-refractivity contribution in [2.45, 2.75) is 31.3 Å². The van der Waals surface area contributed by atoms with E-state index in [0.717, 1.165) is 6.16 Å². The van der Waals surface area contributed by atoms with Crippen molar-refractivity contribution in [2.75, 3.05) is 45.0 Å². The number of nitrogens with two attached hydrogens (primary N) is 1. The summed E-state index contributed by atoms with van der Waals surface area (Å²) in [6.07, 6.45) is 1.39. The van der Waals surface area contributed by atoms with Gasteiger partial charge in [-0.2, -0.15) is 0 Å². The molecule has 15 heteroatoms. The van der Waals surface area contributed by atoms with E-state index in [0.29, 0.717) is 13.0 Å². The first-order valence-corrected chi connectivity index (χ1v) is 22.8. The molecule has 0 saturated carbocycles. The Bertz CT molecular complexity index is 1480. The monoisotopic (exact) mass is 806 g/mol. The van der Waals surface area contributed by atoms with E-state index >= 15 is 0 Å². The summed E-state index contributed by atoms with van der Waals surface area (Å²) < 4.78 is 9.14. The molecule has 5 N–H and O–H groups in total. The van der Waals surface area contributed by atoms with Crippen molar-refractivity contribution in [3.05, 3.63) is 91.0 Å². The number of hydrogen-bond donors (Lipinski definition) is 4. The summed E-state index contributed by atoms with van der Waals surface area (Å²) in [4.78, 5) is 61.3. The minimum atomic E-state index is -3.10. The molecule has 0 saturated heterocycles. The number of amides is 3. The number of methoxy groups -OCH3 is 2. The molecule has 3 rings (SSSR count). The predicted molar refractivity (Wildman–Crippen MR) is 208 cm³/mol. The van der Waals surface area contributed by atoms with Gasteiger partial charge in [0.05, 0.1) is 14.2 Å². The molecule has 0 aliphatic carbocycles. The van der Waals surface area contributed by atoms with Crippen LogP contribution in [0, 0.1) is 0 Å². The Morgan fingerprint density at radius 1 is 0.780 bits per heavy atom. The second-order valence-electron chi connectivity index (χ2n) is 11.2. The van der Waals surface area contributed by atoms with Gasteiger partial charge in [-0.15, -0.1) is 0 Å². The summed E-state index contributed by atoms with van der Waals surface area (Å²) in [5, 5.41) is 8.60. The van der Waals surface area contributed by atoms with Crippen LogP contribution in [-0.2, 0) is 33.4 Å². The first-order chi connectivity index (χ1) is 24.0. The van der Waals surface area contributed by atoms with Crippen LogP contribution in [0.25, 0.3) is 0 Å². The fourth-order valence-electron chi connectivity index (χ4n) is 5.28. The Kier molecular flexibility index (Phi) is 16.8. The van der Waals surface area contributed by atoms with E-state index in [1.54, 1.807) is 0 Å². The maximum absolute atomic E-state index is 12.9. The number of nitrogens with one attached hydrogen (secondary N) is 3. The SMILES string of the molecule is COC(=O)CNC(=O)C(CSSCC(=O)NCCCP(Br)(c1ccccc1)(c1ccccc1)c1ccccc1)NC(=O)CCC(N)C(=O)OC. The Labute approximate surface area is 309 Å². The van der Waals surface area contributed by atoms with Crippen LogP contribution in [0.3, 0.4) is 0 Å². The number of carbonyl (C=O) groups is 5. The number of carbonyl (C=O) groups excluding carboxylic acids is 5. The normalized spacial score (nSPS) is 13.1. The van der Waals surface area contributed by atoms with Crippen molar-refractivity contribution in [3.63, 3.8) is 0 Å². The third kappa shape index (κ3) is 11.3. The molecule has 0 radical (unpaired) electrons. The minimum absolute atomic E-state index is 0.0258. The van der Waals surface area contributed by atoms with Crippen LogP contribution in [-0.4, -0.2) is 86.7 Å². The van der Waals surface area contributed by atoms with Gasteiger partial charge in [0.25, 0.3) is 0 Å². The number of ether oxygens (including phenoxy) is 2. The van der Waals surface area contributed by atoms with Gasteiger partial charge < -0.3 is 15.2 Å². The Morgan fingerprint density at radius 2 is 1.32 bits per heavy atom. The quantitative estimate of drug-likeness (QED) is 0.0578. The molecule has 0 aliphatic rings. The van der Waals surface area contributed by atoms with Crippen LogP contribution in [0.5, 0.6) is 0 Å². The van der Waals surface area contributed by atoms with E-state index < -0.39 is 41.1 Å². The zero-order chi connectivity index (χ0) is 36.4. The van der Waals surface area contributed by atoms with Gasteiger partial charge >= 0.3 is 241 Å². The van der Waals surface area contributed by atoms with Crippen molar-refractivity contribution in [1.29, 1.82) is 0 Å². The van der Waals surface area contributed by atoms with Crippen LogP contribution < -0.4 is 37.6 Å². The fraction of sp³-hybridized carbons (Fsp3) is 0.343. The van der Waals surface area contributed by atoms with Gasteiger partial charge in [-0.3, -0.25) is 14.4 Å². The van der Waals surface area contributed by atoms with Gasteiger partial charge in [-0.05, 0) is 6.42 Å². The van der Waals surface area contributed by atoms with E-state index in [9.17, 15) is 24.0 Å². The molecule has 50 heavy (non-hydrogen) atoms. The Balaban J connectivity index is 1.58. The first kappa shape index (κ1) is 41.0. The second-order valence-corrected chi connectivity index (χ2v) is 22.8. The van der Waals surface area contributed by atoms with Crippen molar-refractivity contribution in [2.24, 2.45) is 5.73 Å². The zero-order valence-corrected chi connectivity index (χ0v) is 32.2. The minimum Gasteiger partial charge on any atom is -0.468 e. The molecule has 0 aromatic heterocycles. The summed E-state index contributed by atoms with van der Waals surface area (Å²) in [5.41, 5.74) is 5.71. The molecule has 3 aromatic rings. The van der Waals surface area contributed by atoms with Crippen LogP contribution in [0.15, 0.2) is 91.0 Å². The molecular formula is C35H44BrN4O7PS2. The van der Waals surface area contributed by atoms with Gasteiger partial charge in [0.2, 0.25) is 0 Å².